The Morgan fingerprint density at radius 1 is 1.67 bits per heavy atom. The van der Waals surface area contributed by atoms with Crippen LogP contribution in [0.1, 0.15) is 6.42 Å². The Morgan fingerprint density at radius 3 is 3.33 bits per heavy atom. The Morgan fingerprint density at radius 2 is 2.50 bits per heavy atom. The number of allylic oxidation sites excluding steroid dienone is 2. The van der Waals surface area contributed by atoms with Gasteiger partial charge in [0, 0.05) is 12.1 Å². The summed E-state index contributed by atoms with van der Waals surface area (Å²) in [7, 11) is 0. The number of quaternary nitrogens is 1. The van der Waals surface area contributed by atoms with E-state index < -0.39 is 4.21 Å². The summed E-state index contributed by atoms with van der Waals surface area (Å²) in [5, 5.41) is 20.3. The zero-order chi connectivity index (χ0) is 8.60. The molecule has 0 aromatic rings. The van der Waals surface area contributed by atoms with Gasteiger partial charge in [-0.3, -0.25) is 4.31 Å². The molecule has 0 bridgehead atoms. The molecule has 0 spiro atoms. The van der Waals surface area contributed by atoms with Crippen molar-refractivity contribution in [1.82, 2.24) is 4.31 Å². The quantitative estimate of drug-likeness (QED) is 0.353. The van der Waals surface area contributed by atoms with Crippen LogP contribution in [0.5, 0.6) is 0 Å². The second-order valence-electron chi connectivity index (χ2n) is 2.84. The molecule has 0 amide bonds. The van der Waals surface area contributed by atoms with Crippen molar-refractivity contribution in [2.45, 2.75) is 6.42 Å². The highest BCUT2D eigenvalue weighted by molar-refractivity contribution is 7.91. The molecule has 2 rings (SSSR count). The van der Waals surface area contributed by atoms with Crippen LogP contribution in [0.2, 0.25) is 0 Å². The third kappa shape index (κ3) is 1.49. The van der Waals surface area contributed by atoms with E-state index in [0.717, 1.165) is 17.8 Å². The molecule has 0 saturated carbocycles. The highest BCUT2D eigenvalue weighted by atomic mass is 32.2. The molecule has 0 aromatic carbocycles. The van der Waals surface area contributed by atoms with Crippen LogP contribution in [-0.4, -0.2) is 26.8 Å². The van der Waals surface area contributed by atoms with Crippen molar-refractivity contribution < 1.29 is 9.42 Å². The van der Waals surface area contributed by atoms with Gasteiger partial charge in [0.05, 0.1) is 6.54 Å². The molecular formula is C7H10N2O2S. The molecule has 66 valence electrons. The van der Waals surface area contributed by atoms with E-state index in [1.165, 1.54) is 0 Å². The minimum atomic E-state index is -1.20. The Bertz CT molecular complexity index is 250. The lowest BCUT2D eigenvalue weighted by molar-refractivity contribution is -0.953. The molecule has 1 fully saturated rings. The van der Waals surface area contributed by atoms with Crippen LogP contribution in [0, 0.1) is 5.21 Å². The fourth-order valence-corrected chi connectivity index (χ4v) is 2.17. The van der Waals surface area contributed by atoms with Crippen LogP contribution in [0.3, 0.4) is 0 Å². The van der Waals surface area contributed by atoms with Gasteiger partial charge < -0.3 is 5.21 Å². The third-order valence-corrected chi connectivity index (χ3v) is 2.91. The van der Waals surface area contributed by atoms with Crippen LogP contribution >= 0.6 is 12.1 Å². The number of hydroxylamine groups is 2. The maximum Gasteiger partial charge on any atom is 0.238 e. The molecule has 1 atom stereocenters. The summed E-state index contributed by atoms with van der Waals surface area (Å²) in [5.74, 6) is 0. The first kappa shape index (κ1) is 8.12. The van der Waals surface area contributed by atoms with Crippen molar-refractivity contribution in [3.8, 4) is 0 Å². The van der Waals surface area contributed by atoms with Gasteiger partial charge in [0.2, 0.25) is 12.1 Å². The van der Waals surface area contributed by atoms with E-state index in [0.29, 0.717) is 13.0 Å². The molecule has 12 heavy (non-hydrogen) atoms. The van der Waals surface area contributed by atoms with E-state index in [9.17, 15) is 5.21 Å². The highest BCUT2D eigenvalue weighted by Crippen LogP contribution is 2.35. The fraction of sp³-hybridized carbons (Fsp3) is 0.429. The average Bonchev–Trinajstić information content (AvgIpc) is 2.02. The van der Waals surface area contributed by atoms with Crippen LogP contribution in [0.25, 0.3) is 0 Å². The van der Waals surface area contributed by atoms with Crippen molar-refractivity contribution in [3.05, 3.63) is 29.1 Å². The standard InChI is InChI=1S/C7H10N2O2S/c10-9(11)6-4-7-3-1-2-5-8(7)12-9/h1-3,10H,4-6H2. The Labute approximate surface area is 75.2 Å². The molecule has 4 nitrogen and oxygen atoms in total. The zero-order valence-electron chi connectivity index (χ0n) is 6.51. The summed E-state index contributed by atoms with van der Waals surface area (Å²) in [6.45, 7) is 0.945. The Kier molecular flexibility index (Phi) is 1.88. The van der Waals surface area contributed by atoms with Crippen LogP contribution in [-0.2, 0) is 0 Å². The van der Waals surface area contributed by atoms with Gasteiger partial charge in [0.1, 0.15) is 6.54 Å². The van der Waals surface area contributed by atoms with E-state index in [1.807, 2.05) is 22.5 Å². The number of nitrogens with zero attached hydrogens (tertiary/aromatic N) is 2. The molecule has 0 radical (unpaired) electrons. The van der Waals surface area contributed by atoms with Crippen molar-refractivity contribution in [3.63, 3.8) is 0 Å². The molecule has 2 heterocycles. The largest absolute Gasteiger partial charge is 0.585 e. The topological polar surface area (TPSA) is 46.5 Å². The van der Waals surface area contributed by atoms with Gasteiger partial charge in [-0.1, -0.05) is 12.2 Å². The monoisotopic (exact) mass is 186 g/mol. The zero-order valence-corrected chi connectivity index (χ0v) is 7.33. The molecule has 2 aliphatic heterocycles. The fourth-order valence-electron chi connectivity index (χ4n) is 1.28. The van der Waals surface area contributed by atoms with Crippen LogP contribution in [0.4, 0.5) is 0 Å². The number of hydrogen-bond acceptors (Lipinski definition) is 4. The summed E-state index contributed by atoms with van der Waals surface area (Å²) >= 11 is 0.924. The minimum Gasteiger partial charge on any atom is -0.585 e. The number of hydrogen-bond donors (Lipinski definition) is 1. The second kappa shape index (κ2) is 2.77. The van der Waals surface area contributed by atoms with Gasteiger partial charge in [-0.25, -0.2) is 5.21 Å². The van der Waals surface area contributed by atoms with Gasteiger partial charge in [0.15, 0.2) is 0 Å². The van der Waals surface area contributed by atoms with Crippen molar-refractivity contribution in [1.29, 1.82) is 0 Å². The minimum absolute atomic E-state index is 0.237. The predicted octanol–water partition coefficient (Wildman–Crippen LogP) is 1.41. The van der Waals surface area contributed by atoms with E-state index in [2.05, 4.69) is 0 Å². The summed E-state index contributed by atoms with van der Waals surface area (Å²) in [6.07, 6.45) is 6.57. The summed E-state index contributed by atoms with van der Waals surface area (Å²) in [6, 6.07) is 0. The van der Waals surface area contributed by atoms with Crippen molar-refractivity contribution >= 4 is 12.1 Å². The van der Waals surface area contributed by atoms with E-state index >= 15 is 0 Å². The molecule has 1 N–H and O–H groups in total. The second-order valence-corrected chi connectivity index (χ2v) is 4.01. The highest BCUT2D eigenvalue weighted by Gasteiger charge is 2.31. The van der Waals surface area contributed by atoms with E-state index in [-0.39, 0.29) is 6.54 Å². The summed E-state index contributed by atoms with van der Waals surface area (Å²) in [5.41, 5.74) is 1.13. The smallest absolute Gasteiger partial charge is 0.238 e. The number of fused-ring (bicyclic) bond motifs is 1. The van der Waals surface area contributed by atoms with E-state index in [1.54, 1.807) is 0 Å². The number of rotatable bonds is 0. The van der Waals surface area contributed by atoms with Gasteiger partial charge in [-0.2, -0.15) is 0 Å². The SMILES string of the molecule is [O-][N+]1(O)CCC2=CC=CCN2S1. The summed E-state index contributed by atoms with van der Waals surface area (Å²) < 4.78 is 0.627. The Balaban J connectivity index is 2.14. The van der Waals surface area contributed by atoms with Gasteiger partial charge in [0.25, 0.3) is 0 Å². The third-order valence-electron chi connectivity index (χ3n) is 1.89. The Hall–Kier alpha value is -0.490. The average molecular weight is 186 g/mol. The molecular weight excluding hydrogens is 176 g/mol. The van der Waals surface area contributed by atoms with Crippen LogP contribution in [0.15, 0.2) is 23.9 Å². The van der Waals surface area contributed by atoms with Crippen molar-refractivity contribution in [2.24, 2.45) is 0 Å². The molecule has 2 aliphatic rings. The van der Waals surface area contributed by atoms with E-state index in [4.69, 9.17) is 5.21 Å². The normalized spacial score (nSPS) is 34.5. The summed E-state index contributed by atoms with van der Waals surface area (Å²) in [4.78, 5) is 0. The van der Waals surface area contributed by atoms with Crippen molar-refractivity contribution in [2.75, 3.05) is 13.1 Å². The van der Waals surface area contributed by atoms with Gasteiger partial charge in [-0.15, -0.1) is 4.21 Å². The molecule has 1 unspecified atom stereocenters. The van der Waals surface area contributed by atoms with Gasteiger partial charge in [-0.05, 0) is 6.08 Å². The molecule has 5 heteroatoms. The maximum atomic E-state index is 11.1. The maximum absolute atomic E-state index is 11.1. The lowest BCUT2D eigenvalue weighted by atomic mass is 10.2. The van der Waals surface area contributed by atoms with Crippen LogP contribution < -0.4 is 0 Å². The molecule has 0 aromatic heterocycles. The molecule has 1 saturated heterocycles. The van der Waals surface area contributed by atoms with Gasteiger partial charge >= 0.3 is 0 Å². The first-order valence-corrected chi connectivity index (χ1v) is 4.55. The lowest BCUT2D eigenvalue weighted by Crippen LogP contribution is -2.42. The lowest BCUT2D eigenvalue weighted by Gasteiger charge is -2.40. The predicted molar refractivity (Wildman–Crippen MR) is 46.4 cm³/mol. The molecule has 0 aliphatic carbocycles. The first-order valence-electron chi connectivity index (χ1n) is 3.82. The first-order chi connectivity index (χ1) is 5.67.